The van der Waals surface area contributed by atoms with Crippen molar-refractivity contribution in [3.8, 4) is 0 Å². The first-order chi connectivity index (χ1) is 10.6. The Bertz CT molecular complexity index is 641. The molecule has 1 amide bonds. The van der Waals surface area contributed by atoms with Gasteiger partial charge in [0.25, 0.3) is 5.91 Å². The molecule has 22 heavy (non-hydrogen) atoms. The Morgan fingerprint density at radius 1 is 1.00 bits per heavy atom. The van der Waals surface area contributed by atoms with Crippen molar-refractivity contribution in [1.29, 1.82) is 0 Å². The van der Waals surface area contributed by atoms with Crippen molar-refractivity contribution in [2.24, 2.45) is 0 Å². The summed E-state index contributed by atoms with van der Waals surface area (Å²) in [5.41, 5.74) is 2.37. The van der Waals surface area contributed by atoms with Crippen LogP contribution in [-0.2, 0) is 16.5 Å². The van der Waals surface area contributed by atoms with Crippen molar-refractivity contribution in [2.45, 2.75) is 17.8 Å². The Labute approximate surface area is 137 Å². The van der Waals surface area contributed by atoms with Crippen molar-refractivity contribution in [2.75, 3.05) is 0 Å². The molecule has 0 saturated heterocycles. The number of halogens is 1. The fourth-order valence-electron chi connectivity index (χ4n) is 2.04. The molecule has 1 unspecified atom stereocenters. The minimum atomic E-state index is -1.05. The highest BCUT2D eigenvalue weighted by Gasteiger charge is 2.21. The monoisotopic (exact) mass is 361 g/mol. The molecule has 5 heteroatoms. The molecule has 2 N–H and O–H groups in total. The molecule has 0 aromatic heterocycles. The first kappa shape index (κ1) is 16.2. The second kappa shape index (κ2) is 7.75. The van der Waals surface area contributed by atoms with Crippen LogP contribution in [0.4, 0.5) is 0 Å². The average molecular weight is 362 g/mol. The van der Waals surface area contributed by atoms with Gasteiger partial charge in [0.1, 0.15) is 6.04 Å². The summed E-state index contributed by atoms with van der Waals surface area (Å²) in [6.07, 6.45) is 0.251. The Balaban J connectivity index is 2.06. The van der Waals surface area contributed by atoms with Crippen LogP contribution in [0.2, 0.25) is 0 Å². The number of carboxylic acids is 1. The molecular weight excluding hydrogens is 346 g/mol. The van der Waals surface area contributed by atoms with E-state index in [1.165, 1.54) is 0 Å². The smallest absolute Gasteiger partial charge is 0.326 e. The summed E-state index contributed by atoms with van der Waals surface area (Å²) in [6.45, 7) is 0. The van der Waals surface area contributed by atoms with Gasteiger partial charge in [-0.15, -0.1) is 0 Å². The first-order valence-corrected chi connectivity index (χ1v) is 7.95. The highest BCUT2D eigenvalue weighted by Crippen LogP contribution is 2.09. The van der Waals surface area contributed by atoms with Crippen LogP contribution in [0.15, 0.2) is 54.6 Å². The molecule has 0 aliphatic rings. The van der Waals surface area contributed by atoms with Gasteiger partial charge in [-0.3, -0.25) is 4.79 Å². The number of hydrogen-bond donors (Lipinski definition) is 2. The number of alkyl halides is 1. The number of carbonyl (C=O) groups is 2. The van der Waals surface area contributed by atoms with Crippen LogP contribution in [0.5, 0.6) is 0 Å². The van der Waals surface area contributed by atoms with E-state index in [4.69, 9.17) is 0 Å². The van der Waals surface area contributed by atoms with Crippen molar-refractivity contribution in [3.05, 3.63) is 71.3 Å². The number of rotatable bonds is 6. The molecule has 0 aliphatic carbocycles. The third-order valence-electron chi connectivity index (χ3n) is 3.26. The third-order valence-corrected chi connectivity index (χ3v) is 3.90. The second-order valence-corrected chi connectivity index (χ2v) is 5.45. The maximum Gasteiger partial charge on any atom is 0.326 e. The highest BCUT2D eigenvalue weighted by atomic mass is 79.9. The minimum Gasteiger partial charge on any atom is -0.480 e. The third kappa shape index (κ3) is 4.43. The highest BCUT2D eigenvalue weighted by molar-refractivity contribution is 9.08. The van der Waals surface area contributed by atoms with E-state index in [9.17, 15) is 14.7 Å². The van der Waals surface area contributed by atoms with Crippen molar-refractivity contribution >= 4 is 27.8 Å². The normalized spacial score (nSPS) is 11.7. The lowest BCUT2D eigenvalue weighted by Gasteiger charge is -2.15. The van der Waals surface area contributed by atoms with Crippen LogP contribution in [0, 0.1) is 0 Å². The van der Waals surface area contributed by atoms with Gasteiger partial charge in [-0.2, -0.15) is 0 Å². The van der Waals surface area contributed by atoms with Gasteiger partial charge in [0.05, 0.1) is 0 Å². The minimum absolute atomic E-state index is 0.251. The molecule has 4 nitrogen and oxygen atoms in total. The van der Waals surface area contributed by atoms with E-state index in [1.54, 1.807) is 12.1 Å². The average Bonchev–Trinajstić information content (AvgIpc) is 2.55. The quantitative estimate of drug-likeness (QED) is 0.777. The maximum absolute atomic E-state index is 12.2. The molecule has 0 fully saturated rings. The van der Waals surface area contributed by atoms with Crippen LogP contribution in [-0.4, -0.2) is 23.0 Å². The Morgan fingerprint density at radius 3 is 2.18 bits per heavy atom. The molecule has 114 valence electrons. The molecule has 0 saturated carbocycles. The van der Waals surface area contributed by atoms with Gasteiger partial charge in [0.15, 0.2) is 0 Å². The molecule has 2 rings (SSSR count). The Kier molecular flexibility index (Phi) is 5.72. The first-order valence-electron chi connectivity index (χ1n) is 6.82. The molecule has 0 heterocycles. The summed E-state index contributed by atoms with van der Waals surface area (Å²) >= 11 is 3.34. The zero-order valence-electron chi connectivity index (χ0n) is 11.8. The molecule has 2 aromatic carbocycles. The zero-order valence-corrected chi connectivity index (χ0v) is 13.4. The van der Waals surface area contributed by atoms with Gasteiger partial charge < -0.3 is 10.4 Å². The second-order valence-electron chi connectivity index (χ2n) is 4.88. The fourth-order valence-corrected chi connectivity index (χ4v) is 2.41. The largest absolute Gasteiger partial charge is 0.480 e. The van der Waals surface area contributed by atoms with E-state index in [-0.39, 0.29) is 12.3 Å². The fraction of sp³-hybridized carbons (Fsp3) is 0.176. The summed E-state index contributed by atoms with van der Waals surface area (Å²) in [5, 5.41) is 12.6. The number of hydrogen-bond acceptors (Lipinski definition) is 2. The lowest BCUT2D eigenvalue weighted by Crippen LogP contribution is -2.42. The standard InChI is InChI=1S/C17H16BrNO3/c18-11-13-6-8-14(9-7-13)16(20)19-15(17(21)22)10-12-4-2-1-3-5-12/h1-9,15H,10-11H2,(H,19,20)(H,21,22). The van der Waals surface area contributed by atoms with Gasteiger partial charge in [-0.25, -0.2) is 4.79 Å². The lowest BCUT2D eigenvalue weighted by molar-refractivity contribution is -0.139. The Hall–Kier alpha value is -2.14. The van der Waals surface area contributed by atoms with Gasteiger partial charge in [-0.1, -0.05) is 58.4 Å². The van der Waals surface area contributed by atoms with E-state index in [0.29, 0.717) is 10.9 Å². The maximum atomic E-state index is 12.2. The number of benzene rings is 2. The summed E-state index contributed by atoms with van der Waals surface area (Å²) in [6, 6.07) is 15.3. The van der Waals surface area contributed by atoms with E-state index in [1.807, 2.05) is 42.5 Å². The molecule has 0 radical (unpaired) electrons. The molecular formula is C17H16BrNO3. The predicted molar refractivity (Wildman–Crippen MR) is 88.1 cm³/mol. The van der Waals surface area contributed by atoms with Crippen molar-refractivity contribution in [3.63, 3.8) is 0 Å². The number of carbonyl (C=O) groups excluding carboxylic acids is 1. The van der Waals surface area contributed by atoms with Crippen LogP contribution >= 0.6 is 15.9 Å². The van der Waals surface area contributed by atoms with Gasteiger partial charge >= 0.3 is 5.97 Å². The number of aliphatic carboxylic acids is 1. The van der Waals surface area contributed by atoms with Crippen LogP contribution in [0.1, 0.15) is 21.5 Å². The number of carboxylic acid groups (broad SMARTS) is 1. The molecule has 0 bridgehead atoms. The van der Waals surface area contributed by atoms with E-state index < -0.39 is 12.0 Å². The summed E-state index contributed by atoms with van der Waals surface area (Å²) in [4.78, 5) is 23.5. The Morgan fingerprint density at radius 2 is 1.64 bits per heavy atom. The van der Waals surface area contributed by atoms with E-state index >= 15 is 0 Å². The van der Waals surface area contributed by atoms with E-state index in [0.717, 1.165) is 11.1 Å². The SMILES string of the molecule is O=C(NC(Cc1ccccc1)C(=O)O)c1ccc(CBr)cc1. The molecule has 0 spiro atoms. The van der Waals surface area contributed by atoms with Crippen LogP contribution in [0.25, 0.3) is 0 Å². The lowest BCUT2D eigenvalue weighted by atomic mass is 10.1. The predicted octanol–water partition coefficient (Wildman–Crippen LogP) is 3.01. The molecule has 1 atom stereocenters. The van der Waals surface area contributed by atoms with Crippen molar-refractivity contribution in [1.82, 2.24) is 5.32 Å². The summed E-state index contributed by atoms with van der Waals surface area (Å²) in [5.74, 6) is -1.43. The van der Waals surface area contributed by atoms with Crippen molar-refractivity contribution < 1.29 is 14.7 Å². The van der Waals surface area contributed by atoms with Crippen LogP contribution in [0.3, 0.4) is 0 Å². The van der Waals surface area contributed by atoms with Gasteiger partial charge in [-0.05, 0) is 23.3 Å². The van der Waals surface area contributed by atoms with Gasteiger partial charge in [0.2, 0.25) is 0 Å². The van der Waals surface area contributed by atoms with Gasteiger partial charge in [0, 0.05) is 17.3 Å². The summed E-state index contributed by atoms with van der Waals surface area (Å²) < 4.78 is 0. The summed E-state index contributed by atoms with van der Waals surface area (Å²) in [7, 11) is 0. The zero-order chi connectivity index (χ0) is 15.9. The molecule has 0 aliphatic heterocycles. The molecule has 2 aromatic rings. The van der Waals surface area contributed by atoms with Crippen LogP contribution < -0.4 is 5.32 Å². The number of nitrogens with one attached hydrogen (secondary N) is 1. The topological polar surface area (TPSA) is 66.4 Å². The van der Waals surface area contributed by atoms with E-state index in [2.05, 4.69) is 21.2 Å². The number of amides is 1.